The Morgan fingerprint density at radius 2 is 2.11 bits per heavy atom. The van der Waals surface area contributed by atoms with Crippen LogP contribution in [0.4, 0.5) is 0 Å². The second-order valence-corrected chi connectivity index (χ2v) is 7.20. The molecule has 0 aliphatic rings. The van der Waals surface area contributed by atoms with Gasteiger partial charge in [0.1, 0.15) is 18.8 Å². The molecule has 0 aliphatic carbocycles. The summed E-state index contributed by atoms with van der Waals surface area (Å²) in [7, 11) is 0. The molecule has 3 heterocycles. The Bertz CT molecular complexity index is 1010. The maximum Gasteiger partial charge on any atom is 0.306 e. The van der Waals surface area contributed by atoms with E-state index >= 15 is 0 Å². The Kier molecular flexibility index (Phi) is 5.20. The number of pyridine rings is 1. The SMILES string of the molecule is O=C(CCCc1nc2ccccc2s1)OCc1ccnc(-n2ccnc2)c1. The van der Waals surface area contributed by atoms with Gasteiger partial charge >= 0.3 is 5.97 Å². The first-order chi connectivity index (χ1) is 13.3. The van der Waals surface area contributed by atoms with E-state index in [0.717, 1.165) is 34.7 Å². The van der Waals surface area contributed by atoms with Crippen LogP contribution in [0.3, 0.4) is 0 Å². The van der Waals surface area contributed by atoms with Crippen molar-refractivity contribution in [1.29, 1.82) is 0 Å². The van der Waals surface area contributed by atoms with E-state index in [0.29, 0.717) is 6.42 Å². The topological polar surface area (TPSA) is 69.9 Å². The summed E-state index contributed by atoms with van der Waals surface area (Å²) < 4.78 is 8.38. The highest BCUT2D eigenvalue weighted by atomic mass is 32.1. The van der Waals surface area contributed by atoms with Crippen LogP contribution < -0.4 is 0 Å². The van der Waals surface area contributed by atoms with Crippen molar-refractivity contribution in [2.45, 2.75) is 25.9 Å². The molecule has 0 saturated carbocycles. The van der Waals surface area contributed by atoms with Gasteiger partial charge in [-0.25, -0.2) is 15.0 Å². The highest BCUT2D eigenvalue weighted by molar-refractivity contribution is 7.18. The standard InChI is InChI=1S/C20H18N4O2S/c25-20(7-3-6-19-23-16-4-1-2-5-17(16)27-19)26-13-15-8-9-22-18(12-15)24-11-10-21-14-24/h1-2,4-5,8-12,14H,3,6-7,13H2. The van der Waals surface area contributed by atoms with Gasteiger partial charge in [0.15, 0.2) is 0 Å². The highest BCUT2D eigenvalue weighted by Gasteiger charge is 2.08. The van der Waals surface area contributed by atoms with Crippen LogP contribution in [-0.4, -0.2) is 25.5 Å². The van der Waals surface area contributed by atoms with E-state index < -0.39 is 0 Å². The molecule has 0 radical (unpaired) electrons. The normalized spacial score (nSPS) is 11.0. The maximum absolute atomic E-state index is 12.0. The van der Waals surface area contributed by atoms with Gasteiger partial charge < -0.3 is 4.74 Å². The van der Waals surface area contributed by atoms with Crippen molar-refractivity contribution >= 4 is 27.5 Å². The second-order valence-electron chi connectivity index (χ2n) is 6.08. The lowest BCUT2D eigenvalue weighted by Crippen LogP contribution is -2.05. The zero-order valence-corrected chi connectivity index (χ0v) is 15.4. The molecule has 0 atom stereocenters. The first-order valence-electron chi connectivity index (χ1n) is 8.71. The van der Waals surface area contributed by atoms with E-state index in [-0.39, 0.29) is 12.6 Å². The van der Waals surface area contributed by atoms with E-state index in [9.17, 15) is 4.79 Å². The number of carbonyl (C=O) groups is 1. The van der Waals surface area contributed by atoms with Gasteiger partial charge in [-0.05, 0) is 42.7 Å². The molecule has 0 unspecified atom stereocenters. The van der Waals surface area contributed by atoms with Crippen molar-refractivity contribution in [1.82, 2.24) is 19.5 Å². The largest absolute Gasteiger partial charge is 0.461 e. The van der Waals surface area contributed by atoms with Crippen LogP contribution in [0.2, 0.25) is 0 Å². The molecule has 4 rings (SSSR count). The molecule has 0 bridgehead atoms. The summed E-state index contributed by atoms with van der Waals surface area (Å²) in [6.07, 6.45) is 8.80. The molecule has 0 aliphatic heterocycles. The lowest BCUT2D eigenvalue weighted by molar-refractivity contribution is -0.145. The zero-order valence-electron chi connectivity index (χ0n) is 14.6. The highest BCUT2D eigenvalue weighted by Crippen LogP contribution is 2.22. The number of aromatic nitrogens is 4. The van der Waals surface area contributed by atoms with Crippen LogP contribution in [0, 0.1) is 0 Å². The van der Waals surface area contributed by atoms with Crippen LogP contribution in [-0.2, 0) is 22.6 Å². The molecule has 4 aromatic rings. The predicted molar refractivity (Wildman–Crippen MR) is 104 cm³/mol. The van der Waals surface area contributed by atoms with Crippen molar-refractivity contribution < 1.29 is 9.53 Å². The summed E-state index contributed by atoms with van der Waals surface area (Å²) in [6.45, 7) is 0.240. The number of nitrogens with zero attached hydrogens (tertiary/aromatic N) is 4. The number of imidazole rings is 1. The average molecular weight is 378 g/mol. The second kappa shape index (κ2) is 8.09. The van der Waals surface area contributed by atoms with E-state index in [1.165, 1.54) is 4.70 Å². The van der Waals surface area contributed by atoms with Crippen molar-refractivity contribution in [2.24, 2.45) is 0 Å². The van der Waals surface area contributed by atoms with E-state index in [2.05, 4.69) is 21.0 Å². The number of aryl methyl sites for hydroxylation is 1. The van der Waals surface area contributed by atoms with Crippen LogP contribution in [0.25, 0.3) is 16.0 Å². The molecular weight excluding hydrogens is 360 g/mol. The van der Waals surface area contributed by atoms with Crippen molar-refractivity contribution in [3.05, 3.63) is 71.9 Å². The van der Waals surface area contributed by atoms with Crippen LogP contribution in [0.15, 0.2) is 61.3 Å². The number of rotatable bonds is 7. The van der Waals surface area contributed by atoms with Crippen LogP contribution >= 0.6 is 11.3 Å². The number of carbonyl (C=O) groups excluding carboxylic acids is 1. The number of fused-ring (bicyclic) bond motifs is 1. The molecule has 0 spiro atoms. The number of hydrogen-bond acceptors (Lipinski definition) is 6. The quantitative estimate of drug-likeness (QED) is 0.456. The number of benzene rings is 1. The van der Waals surface area contributed by atoms with Crippen LogP contribution in [0.1, 0.15) is 23.4 Å². The lowest BCUT2D eigenvalue weighted by atomic mass is 10.2. The number of ether oxygens (including phenoxy) is 1. The van der Waals surface area contributed by atoms with E-state index in [1.54, 1.807) is 30.1 Å². The molecule has 1 aromatic carbocycles. The maximum atomic E-state index is 12.0. The predicted octanol–water partition coefficient (Wildman–Crippen LogP) is 3.94. The number of esters is 1. The van der Waals surface area contributed by atoms with Crippen molar-refractivity contribution in [3.8, 4) is 5.82 Å². The van der Waals surface area contributed by atoms with Gasteiger partial charge in [0, 0.05) is 25.0 Å². The van der Waals surface area contributed by atoms with E-state index in [1.807, 2.05) is 41.1 Å². The monoisotopic (exact) mass is 378 g/mol. The van der Waals surface area contributed by atoms with Gasteiger partial charge in [-0.1, -0.05) is 12.1 Å². The number of hydrogen-bond donors (Lipinski definition) is 0. The smallest absolute Gasteiger partial charge is 0.306 e. The summed E-state index contributed by atoms with van der Waals surface area (Å²) in [5, 5.41) is 1.06. The van der Waals surface area contributed by atoms with Gasteiger partial charge in [-0.15, -0.1) is 11.3 Å². The van der Waals surface area contributed by atoms with Gasteiger partial charge in [0.2, 0.25) is 0 Å². The summed E-state index contributed by atoms with van der Waals surface area (Å²) in [6, 6.07) is 11.8. The number of thiazole rings is 1. The van der Waals surface area contributed by atoms with Gasteiger partial charge in [0.05, 0.1) is 15.2 Å². The Balaban J connectivity index is 1.25. The number of para-hydroxylation sites is 1. The third-order valence-corrected chi connectivity index (χ3v) is 5.18. The molecule has 136 valence electrons. The molecule has 0 N–H and O–H groups in total. The minimum Gasteiger partial charge on any atom is -0.461 e. The Morgan fingerprint density at radius 3 is 2.96 bits per heavy atom. The summed E-state index contributed by atoms with van der Waals surface area (Å²) >= 11 is 1.68. The first-order valence-corrected chi connectivity index (χ1v) is 9.53. The minimum atomic E-state index is -0.197. The van der Waals surface area contributed by atoms with Crippen LogP contribution in [0.5, 0.6) is 0 Å². The van der Waals surface area contributed by atoms with Gasteiger partial charge in [-0.2, -0.15) is 0 Å². The Labute approximate surface area is 160 Å². The summed E-state index contributed by atoms with van der Waals surface area (Å²) in [4.78, 5) is 24.9. The fourth-order valence-corrected chi connectivity index (χ4v) is 3.74. The molecular formula is C20H18N4O2S. The third kappa shape index (κ3) is 4.38. The first kappa shape index (κ1) is 17.4. The lowest BCUT2D eigenvalue weighted by Gasteiger charge is -2.06. The molecule has 0 amide bonds. The van der Waals surface area contributed by atoms with E-state index in [4.69, 9.17) is 4.74 Å². The molecule has 7 heteroatoms. The fraction of sp³-hybridized carbons (Fsp3) is 0.200. The van der Waals surface area contributed by atoms with Crippen molar-refractivity contribution in [2.75, 3.05) is 0 Å². The zero-order chi connectivity index (χ0) is 18.5. The minimum absolute atomic E-state index is 0.197. The average Bonchev–Trinajstić information content (AvgIpc) is 3.36. The van der Waals surface area contributed by atoms with Gasteiger partial charge in [-0.3, -0.25) is 9.36 Å². The molecule has 0 saturated heterocycles. The summed E-state index contributed by atoms with van der Waals surface area (Å²) in [5.74, 6) is 0.550. The van der Waals surface area contributed by atoms with Gasteiger partial charge in [0.25, 0.3) is 0 Å². The molecule has 0 fully saturated rings. The van der Waals surface area contributed by atoms with Crippen molar-refractivity contribution in [3.63, 3.8) is 0 Å². The molecule has 6 nitrogen and oxygen atoms in total. The Hall–Kier alpha value is -3.06. The third-order valence-electron chi connectivity index (χ3n) is 4.09. The Morgan fingerprint density at radius 1 is 1.19 bits per heavy atom. The molecule has 3 aromatic heterocycles. The fourth-order valence-electron chi connectivity index (χ4n) is 2.73. The summed E-state index contributed by atoms with van der Waals surface area (Å²) in [5.41, 5.74) is 1.92. The molecule has 27 heavy (non-hydrogen) atoms.